The Kier molecular flexibility index (Phi) is 2.03. The normalized spacial score (nSPS) is 9.62. The van der Waals surface area contributed by atoms with Crippen LogP contribution in [0, 0.1) is 0 Å². The number of hydrogen-bond donors (Lipinski definition) is 0. The Morgan fingerprint density at radius 2 is 2.62 bits per heavy atom. The van der Waals surface area contributed by atoms with Gasteiger partial charge in [-0.2, -0.15) is 0 Å². The Morgan fingerprint density at radius 1 is 1.75 bits per heavy atom. The lowest BCUT2D eigenvalue weighted by Crippen LogP contribution is -1.72. The van der Waals surface area contributed by atoms with Crippen LogP contribution in [0.2, 0.25) is 0 Å². The highest BCUT2D eigenvalue weighted by Gasteiger charge is 1.88. The summed E-state index contributed by atoms with van der Waals surface area (Å²) in [6.07, 6.45) is 4.35. The molecule has 0 radical (unpaired) electrons. The van der Waals surface area contributed by atoms with Crippen LogP contribution in [0.4, 0.5) is 0 Å². The average molecular weight is 127 g/mol. The number of hydrogen-bond acceptors (Lipinski definition) is 2. The van der Waals surface area contributed by atoms with E-state index in [4.69, 9.17) is 0 Å². The van der Waals surface area contributed by atoms with Gasteiger partial charge in [0.05, 0.1) is 5.51 Å². The molecule has 1 aromatic rings. The molecule has 1 rings (SSSR count). The second-order valence-electron chi connectivity index (χ2n) is 1.72. The number of rotatable bonds is 2. The maximum absolute atomic E-state index is 3.96. The first-order valence-electron chi connectivity index (χ1n) is 2.81. The Bertz CT molecular complexity index is 134. The van der Waals surface area contributed by atoms with Crippen molar-refractivity contribution in [3.8, 4) is 0 Å². The molecular weight excluding hydrogens is 118 g/mol. The van der Waals surface area contributed by atoms with E-state index in [0.717, 1.165) is 0 Å². The standard InChI is InChI=1S/C6H9NS/c1-2-3-6-4-7-5-8-6/h4-5H,2-3H2,1H3. The van der Waals surface area contributed by atoms with Gasteiger partial charge in [0.25, 0.3) is 0 Å². The number of aryl methyl sites for hydroxylation is 1. The first kappa shape index (κ1) is 5.76. The molecule has 0 saturated carbocycles. The van der Waals surface area contributed by atoms with E-state index in [1.54, 1.807) is 11.3 Å². The fourth-order valence-corrected chi connectivity index (χ4v) is 1.31. The van der Waals surface area contributed by atoms with Crippen molar-refractivity contribution in [3.63, 3.8) is 0 Å². The SMILES string of the molecule is CCCc1cncs1. The molecule has 0 spiro atoms. The fraction of sp³-hybridized carbons (Fsp3) is 0.500. The van der Waals surface area contributed by atoms with Crippen LogP contribution in [0.3, 0.4) is 0 Å². The summed E-state index contributed by atoms with van der Waals surface area (Å²) >= 11 is 1.74. The molecule has 0 aliphatic carbocycles. The number of aromatic nitrogens is 1. The van der Waals surface area contributed by atoms with Crippen LogP contribution in [0.5, 0.6) is 0 Å². The fourth-order valence-electron chi connectivity index (χ4n) is 0.612. The van der Waals surface area contributed by atoms with Gasteiger partial charge in [-0.25, -0.2) is 0 Å². The molecule has 0 unspecified atom stereocenters. The van der Waals surface area contributed by atoms with Gasteiger partial charge in [0, 0.05) is 11.1 Å². The van der Waals surface area contributed by atoms with Gasteiger partial charge in [-0.15, -0.1) is 11.3 Å². The molecule has 0 atom stereocenters. The lowest BCUT2D eigenvalue weighted by Gasteiger charge is -1.84. The van der Waals surface area contributed by atoms with Crippen LogP contribution >= 0.6 is 11.3 Å². The minimum atomic E-state index is 1.19. The summed E-state index contributed by atoms with van der Waals surface area (Å²) in [5.41, 5.74) is 1.88. The van der Waals surface area contributed by atoms with Crippen molar-refractivity contribution < 1.29 is 0 Å². The third-order valence-corrected chi connectivity index (χ3v) is 1.82. The highest BCUT2D eigenvalue weighted by atomic mass is 32.1. The van der Waals surface area contributed by atoms with Gasteiger partial charge in [0.15, 0.2) is 0 Å². The summed E-state index contributed by atoms with van der Waals surface area (Å²) < 4.78 is 0. The minimum absolute atomic E-state index is 1.19. The zero-order valence-electron chi connectivity index (χ0n) is 4.92. The predicted octanol–water partition coefficient (Wildman–Crippen LogP) is 2.10. The lowest BCUT2D eigenvalue weighted by atomic mass is 10.3. The molecule has 0 aliphatic rings. The molecule has 1 aromatic heterocycles. The molecule has 0 aromatic carbocycles. The molecule has 8 heavy (non-hydrogen) atoms. The van der Waals surface area contributed by atoms with Gasteiger partial charge in [-0.3, -0.25) is 4.98 Å². The van der Waals surface area contributed by atoms with Gasteiger partial charge in [0.1, 0.15) is 0 Å². The number of thiazole rings is 1. The maximum atomic E-state index is 3.96. The lowest BCUT2D eigenvalue weighted by molar-refractivity contribution is 0.936. The van der Waals surface area contributed by atoms with Crippen molar-refractivity contribution in [2.24, 2.45) is 0 Å². The Hall–Kier alpha value is -0.370. The van der Waals surface area contributed by atoms with E-state index in [1.165, 1.54) is 17.7 Å². The second kappa shape index (κ2) is 2.82. The summed E-state index contributed by atoms with van der Waals surface area (Å²) in [7, 11) is 0. The third-order valence-electron chi connectivity index (χ3n) is 0.980. The quantitative estimate of drug-likeness (QED) is 0.593. The summed E-state index contributed by atoms with van der Waals surface area (Å²) in [6.45, 7) is 2.18. The molecule has 0 bridgehead atoms. The molecule has 2 heteroatoms. The van der Waals surface area contributed by atoms with E-state index in [2.05, 4.69) is 11.9 Å². The average Bonchev–Trinajstić information content (AvgIpc) is 2.19. The van der Waals surface area contributed by atoms with Crippen LogP contribution in [0.15, 0.2) is 11.7 Å². The van der Waals surface area contributed by atoms with Crippen molar-refractivity contribution in [3.05, 3.63) is 16.6 Å². The zero-order chi connectivity index (χ0) is 5.82. The monoisotopic (exact) mass is 127 g/mol. The van der Waals surface area contributed by atoms with Crippen LogP contribution in [0.25, 0.3) is 0 Å². The zero-order valence-corrected chi connectivity index (χ0v) is 5.74. The van der Waals surface area contributed by atoms with Crippen molar-refractivity contribution >= 4 is 11.3 Å². The highest BCUT2D eigenvalue weighted by molar-refractivity contribution is 7.09. The summed E-state index contributed by atoms with van der Waals surface area (Å²) in [6, 6.07) is 0. The van der Waals surface area contributed by atoms with E-state index in [0.29, 0.717) is 0 Å². The van der Waals surface area contributed by atoms with E-state index in [9.17, 15) is 0 Å². The largest absolute Gasteiger partial charge is 0.253 e. The highest BCUT2D eigenvalue weighted by Crippen LogP contribution is 2.06. The molecule has 0 fully saturated rings. The first-order valence-corrected chi connectivity index (χ1v) is 3.69. The molecule has 1 nitrogen and oxygen atoms in total. The van der Waals surface area contributed by atoms with E-state index in [-0.39, 0.29) is 0 Å². The Balaban J connectivity index is 2.50. The topological polar surface area (TPSA) is 12.9 Å². The molecule has 1 heterocycles. The van der Waals surface area contributed by atoms with Crippen LogP contribution < -0.4 is 0 Å². The van der Waals surface area contributed by atoms with Gasteiger partial charge in [0.2, 0.25) is 0 Å². The summed E-state index contributed by atoms with van der Waals surface area (Å²) in [5, 5.41) is 0. The van der Waals surface area contributed by atoms with Crippen LogP contribution in [0.1, 0.15) is 18.2 Å². The van der Waals surface area contributed by atoms with E-state index < -0.39 is 0 Å². The van der Waals surface area contributed by atoms with E-state index in [1.807, 2.05) is 11.7 Å². The molecule has 0 saturated heterocycles. The smallest absolute Gasteiger partial charge is 0.0794 e. The molecule has 44 valence electrons. The maximum Gasteiger partial charge on any atom is 0.0794 e. The van der Waals surface area contributed by atoms with Crippen molar-refractivity contribution in [2.75, 3.05) is 0 Å². The van der Waals surface area contributed by atoms with Crippen molar-refractivity contribution in [2.45, 2.75) is 19.8 Å². The second-order valence-corrected chi connectivity index (χ2v) is 2.69. The van der Waals surface area contributed by atoms with Gasteiger partial charge >= 0.3 is 0 Å². The van der Waals surface area contributed by atoms with Crippen molar-refractivity contribution in [1.29, 1.82) is 0 Å². The van der Waals surface area contributed by atoms with Gasteiger partial charge < -0.3 is 0 Å². The van der Waals surface area contributed by atoms with Crippen LogP contribution in [-0.2, 0) is 6.42 Å². The molecule has 0 aliphatic heterocycles. The van der Waals surface area contributed by atoms with Crippen LogP contribution in [-0.4, -0.2) is 4.98 Å². The molecule has 0 N–H and O–H groups in total. The minimum Gasteiger partial charge on any atom is -0.253 e. The summed E-state index contributed by atoms with van der Waals surface area (Å²) in [5.74, 6) is 0. The Morgan fingerprint density at radius 3 is 3.12 bits per heavy atom. The summed E-state index contributed by atoms with van der Waals surface area (Å²) in [4.78, 5) is 5.36. The Labute approximate surface area is 53.4 Å². The number of nitrogens with zero attached hydrogens (tertiary/aromatic N) is 1. The molecule has 0 amide bonds. The van der Waals surface area contributed by atoms with Gasteiger partial charge in [-0.1, -0.05) is 13.3 Å². The predicted molar refractivity (Wildman–Crippen MR) is 36.1 cm³/mol. The van der Waals surface area contributed by atoms with Gasteiger partial charge in [-0.05, 0) is 6.42 Å². The first-order chi connectivity index (χ1) is 3.93. The van der Waals surface area contributed by atoms with E-state index >= 15 is 0 Å². The molecular formula is C6H9NS. The van der Waals surface area contributed by atoms with Crippen molar-refractivity contribution in [1.82, 2.24) is 4.98 Å². The third kappa shape index (κ3) is 1.30.